The molecule has 1 aliphatic heterocycles. The Bertz CT molecular complexity index is 1300. The number of epoxide rings is 1. The average Bonchev–Trinajstić information content (AvgIpc) is 3.64. The van der Waals surface area contributed by atoms with Crippen molar-refractivity contribution in [2.24, 2.45) is 16.7 Å². The van der Waals surface area contributed by atoms with Crippen LogP contribution in [0, 0.1) is 16.7 Å². The minimum Gasteiger partial charge on any atom is -0.462 e. The molecule has 3 fully saturated rings. The first-order valence-corrected chi connectivity index (χ1v) is 14.2. The number of hydrogen-bond acceptors (Lipinski definition) is 11. The number of rotatable bonds is 5. The van der Waals surface area contributed by atoms with Crippen molar-refractivity contribution in [1.29, 1.82) is 0 Å². The fourth-order valence-corrected chi connectivity index (χ4v) is 8.23. The van der Waals surface area contributed by atoms with E-state index >= 15 is 0 Å². The molecule has 1 saturated heterocycles. The van der Waals surface area contributed by atoms with Crippen LogP contribution in [0.2, 0.25) is 0 Å². The van der Waals surface area contributed by atoms with Crippen molar-refractivity contribution in [2.45, 2.75) is 102 Å². The Kier molecular flexibility index (Phi) is 7.38. The molecule has 0 radical (unpaired) electrons. The van der Waals surface area contributed by atoms with Crippen molar-refractivity contribution in [3.8, 4) is 0 Å². The summed E-state index contributed by atoms with van der Waals surface area (Å²) in [7, 11) is 0. The molecule has 11 nitrogen and oxygen atoms in total. The number of esters is 3. The number of fused-ring (bicyclic) bond motifs is 3. The van der Waals surface area contributed by atoms with Crippen LogP contribution in [0.1, 0.15) is 64.7 Å². The van der Waals surface area contributed by atoms with Gasteiger partial charge in [-0.25, -0.2) is 4.79 Å². The summed E-state index contributed by atoms with van der Waals surface area (Å²) in [6.07, 6.45) is -8.11. The minimum atomic E-state index is -1.73. The lowest BCUT2D eigenvalue weighted by Crippen LogP contribution is -2.69. The molecule has 2 saturated carbocycles. The highest BCUT2D eigenvalue weighted by Crippen LogP contribution is 2.68. The maximum absolute atomic E-state index is 13.6. The lowest BCUT2D eigenvalue weighted by Gasteiger charge is -2.57. The molecule has 1 aromatic carbocycles. The lowest BCUT2D eigenvalue weighted by molar-refractivity contribution is -0.240. The predicted molar refractivity (Wildman–Crippen MR) is 146 cm³/mol. The monoisotopic (exact) mass is 588 g/mol. The first kappa shape index (κ1) is 30.6. The first-order chi connectivity index (χ1) is 19.5. The van der Waals surface area contributed by atoms with Crippen molar-refractivity contribution >= 4 is 17.9 Å². The molecule has 10 atom stereocenters. The Morgan fingerprint density at radius 3 is 2.10 bits per heavy atom. The molecule has 1 aromatic rings. The van der Waals surface area contributed by atoms with Gasteiger partial charge in [-0.2, -0.15) is 0 Å². The summed E-state index contributed by atoms with van der Waals surface area (Å²) < 4.78 is 24.0. The molecular weight excluding hydrogens is 548 g/mol. The number of carbonyl (C=O) groups is 3. The summed E-state index contributed by atoms with van der Waals surface area (Å²) >= 11 is 0. The van der Waals surface area contributed by atoms with Crippen LogP contribution >= 0.6 is 0 Å². The highest BCUT2D eigenvalue weighted by molar-refractivity contribution is 5.89. The van der Waals surface area contributed by atoms with E-state index in [2.05, 4.69) is 0 Å². The summed E-state index contributed by atoms with van der Waals surface area (Å²) in [5.74, 6) is -3.22. The third kappa shape index (κ3) is 4.31. The van der Waals surface area contributed by atoms with Crippen molar-refractivity contribution in [1.82, 2.24) is 0 Å². The van der Waals surface area contributed by atoms with Gasteiger partial charge in [-0.1, -0.05) is 25.1 Å². The van der Waals surface area contributed by atoms with Gasteiger partial charge in [0.25, 0.3) is 0 Å². The number of aliphatic hydroxyl groups is 4. The smallest absolute Gasteiger partial charge is 0.338 e. The number of aliphatic hydroxyl groups excluding tert-OH is 3. The van der Waals surface area contributed by atoms with Gasteiger partial charge in [0, 0.05) is 26.2 Å². The van der Waals surface area contributed by atoms with Crippen LogP contribution in [-0.2, 0) is 28.5 Å². The Hall–Kier alpha value is -2.83. The van der Waals surface area contributed by atoms with Crippen LogP contribution in [0.25, 0.3) is 0 Å². The first-order valence-electron chi connectivity index (χ1n) is 14.2. The van der Waals surface area contributed by atoms with Crippen LogP contribution in [0.5, 0.6) is 0 Å². The molecule has 1 heterocycles. The Balaban J connectivity index is 1.84. The van der Waals surface area contributed by atoms with E-state index in [1.54, 1.807) is 44.2 Å². The van der Waals surface area contributed by atoms with Crippen LogP contribution in [0.15, 0.2) is 41.5 Å². The van der Waals surface area contributed by atoms with Crippen molar-refractivity contribution in [2.75, 3.05) is 6.61 Å². The molecule has 42 heavy (non-hydrogen) atoms. The number of benzene rings is 1. The summed E-state index contributed by atoms with van der Waals surface area (Å²) in [5.41, 5.74) is -5.50. The molecule has 5 rings (SSSR count). The maximum atomic E-state index is 13.6. The van der Waals surface area contributed by atoms with Crippen molar-refractivity contribution in [3.05, 3.63) is 47.0 Å². The van der Waals surface area contributed by atoms with Crippen molar-refractivity contribution < 1.29 is 53.8 Å². The third-order valence-corrected chi connectivity index (χ3v) is 10.2. The van der Waals surface area contributed by atoms with Gasteiger partial charge in [0.05, 0.1) is 40.8 Å². The van der Waals surface area contributed by atoms with Crippen LogP contribution in [0.4, 0.5) is 0 Å². The molecule has 3 aliphatic carbocycles. The molecule has 0 bridgehead atoms. The summed E-state index contributed by atoms with van der Waals surface area (Å²) in [4.78, 5) is 38.8. The van der Waals surface area contributed by atoms with E-state index in [1.165, 1.54) is 27.7 Å². The SMILES string of the molecule is CC(=O)O[C@H]1C[C@H](O)[C@]2(CO2)[C@H]2[C@H](OC(C)=O)C3(C(C)(C)O)C[C@H](O)C(C)=C3[C@@H](O)[C@H](OC(=O)c3ccccc3)[C@]12C. The van der Waals surface area contributed by atoms with E-state index < -0.39 is 82.5 Å². The third-order valence-electron chi connectivity index (χ3n) is 10.2. The van der Waals surface area contributed by atoms with E-state index in [-0.39, 0.29) is 30.6 Å². The van der Waals surface area contributed by atoms with Crippen molar-refractivity contribution in [3.63, 3.8) is 0 Å². The molecule has 11 heteroatoms. The summed E-state index contributed by atoms with van der Waals surface area (Å²) in [6.45, 7) is 8.72. The average molecular weight is 589 g/mol. The fraction of sp³-hybridized carbons (Fsp3) is 0.645. The molecule has 230 valence electrons. The second kappa shape index (κ2) is 10.1. The standard InChI is InChI=1S/C31H40O11/c1-15-19(34)13-30(28(4,5)38)22(15)23(36)25(42-27(37)18-10-8-7-9-11-18)29(6)21(40-16(2)32)12-20(35)31(14-39-31)24(29)26(30)41-17(3)33/h7-11,19-21,23-26,34-36,38H,12-14H2,1-6H3/t19-,20-,21-,23+,24-,25-,26-,29+,30?,31+/m0/s1. The largest absolute Gasteiger partial charge is 0.462 e. The van der Waals surface area contributed by atoms with Crippen LogP contribution < -0.4 is 0 Å². The Morgan fingerprint density at radius 2 is 1.57 bits per heavy atom. The van der Waals surface area contributed by atoms with E-state index in [0.29, 0.717) is 5.57 Å². The van der Waals surface area contributed by atoms with Gasteiger partial charge >= 0.3 is 17.9 Å². The minimum absolute atomic E-state index is 0.0386. The number of hydrogen-bond donors (Lipinski definition) is 4. The molecule has 4 aliphatic rings. The normalized spacial score (nSPS) is 41.0. The van der Waals surface area contributed by atoms with E-state index in [9.17, 15) is 34.8 Å². The highest BCUT2D eigenvalue weighted by Gasteiger charge is 2.80. The summed E-state index contributed by atoms with van der Waals surface area (Å²) in [5, 5.41) is 47.0. The van der Waals surface area contributed by atoms with Gasteiger partial charge in [-0.3, -0.25) is 9.59 Å². The second-order valence-electron chi connectivity index (χ2n) is 13.0. The summed E-state index contributed by atoms with van der Waals surface area (Å²) in [6, 6.07) is 8.16. The van der Waals surface area contributed by atoms with Gasteiger partial charge < -0.3 is 39.4 Å². The zero-order valence-corrected chi connectivity index (χ0v) is 24.7. The van der Waals surface area contributed by atoms with Crippen LogP contribution in [-0.4, -0.2) is 92.8 Å². The van der Waals surface area contributed by atoms with E-state index in [4.69, 9.17) is 18.9 Å². The fourth-order valence-electron chi connectivity index (χ4n) is 8.23. The molecule has 4 N–H and O–H groups in total. The molecule has 1 unspecified atom stereocenters. The highest BCUT2D eigenvalue weighted by atomic mass is 16.6. The maximum Gasteiger partial charge on any atom is 0.338 e. The second-order valence-corrected chi connectivity index (χ2v) is 13.0. The van der Waals surface area contributed by atoms with Gasteiger partial charge in [0.1, 0.15) is 30.0 Å². The van der Waals surface area contributed by atoms with E-state index in [1.807, 2.05) is 0 Å². The number of ether oxygens (including phenoxy) is 4. The van der Waals surface area contributed by atoms with Gasteiger partial charge in [0.2, 0.25) is 0 Å². The predicted octanol–water partition coefficient (Wildman–Crippen LogP) is 1.44. The zero-order chi connectivity index (χ0) is 31.0. The zero-order valence-electron chi connectivity index (χ0n) is 24.7. The van der Waals surface area contributed by atoms with Gasteiger partial charge in [-0.15, -0.1) is 0 Å². The quantitative estimate of drug-likeness (QED) is 0.170. The lowest BCUT2D eigenvalue weighted by atomic mass is 9.52. The Morgan fingerprint density at radius 1 is 0.976 bits per heavy atom. The Labute approximate surface area is 244 Å². The number of carbonyl (C=O) groups excluding carboxylic acids is 3. The molecule has 1 spiro atoms. The topological polar surface area (TPSA) is 172 Å². The molecule has 0 amide bonds. The molecular formula is C31H40O11. The van der Waals surface area contributed by atoms with E-state index in [0.717, 1.165) is 0 Å². The van der Waals surface area contributed by atoms with Crippen LogP contribution in [0.3, 0.4) is 0 Å². The van der Waals surface area contributed by atoms with Gasteiger partial charge in [0.15, 0.2) is 0 Å². The molecule has 0 aromatic heterocycles. The van der Waals surface area contributed by atoms with Gasteiger partial charge in [-0.05, 0) is 50.5 Å².